The highest BCUT2D eigenvalue weighted by Gasteiger charge is 2.18. The Morgan fingerprint density at radius 1 is 1.56 bits per heavy atom. The first-order valence-electron chi connectivity index (χ1n) is 6.46. The van der Waals surface area contributed by atoms with Crippen LogP contribution in [-0.2, 0) is 0 Å². The fraction of sp³-hybridized carbons (Fsp3) is 0.692. The normalized spacial score (nSPS) is 21.2. The molecule has 0 bridgehead atoms. The van der Waals surface area contributed by atoms with Crippen LogP contribution in [0.2, 0.25) is 0 Å². The maximum Gasteiger partial charge on any atom is 0.255 e. The largest absolute Gasteiger partial charge is 0.310 e. The summed E-state index contributed by atoms with van der Waals surface area (Å²) in [6, 6.07) is 0.0625. The van der Waals surface area contributed by atoms with Crippen LogP contribution in [0.15, 0.2) is 4.79 Å². The third kappa shape index (κ3) is 3.14. The molecule has 100 valence electrons. The number of aromatic amines is 1. The first kappa shape index (κ1) is 13.6. The van der Waals surface area contributed by atoms with E-state index >= 15 is 0 Å². The van der Waals surface area contributed by atoms with Gasteiger partial charge in [0.2, 0.25) is 0 Å². The summed E-state index contributed by atoms with van der Waals surface area (Å²) in [5.74, 6) is 3.93. The van der Waals surface area contributed by atoms with Gasteiger partial charge in [0.05, 0.1) is 5.56 Å². The van der Waals surface area contributed by atoms with E-state index in [0.29, 0.717) is 5.82 Å². The minimum atomic E-state index is -0.0132. The molecule has 1 aliphatic heterocycles. The molecule has 1 fully saturated rings. The lowest BCUT2D eigenvalue weighted by molar-refractivity contribution is 0.473. The maximum absolute atomic E-state index is 12.0. The van der Waals surface area contributed by atoms with Crippen molar-refractivity contribution in [2.45, 2.75) is 33.2 Å². The van der Waals surface area contributed by atoms with Crippen LogP contribution in [0.5, 0.6) is 0 Å². The van der Waals surface area contributed by atoms with Gasteiger partial charge in [0.15, 0.2) is 0 Å². The van der Waals surface area contributed by atoms with Crippen LogP contribution < -0.4 is 10.9 Å². The Morgan fingerprint density at radius 3 is 2.94 bits per heavy atom. The zero-order valence-electron chi connectivity index (χ0n) is 11.2. The van der Waals surface area contributed by atoms with E-state index in [-0.39, 0.29) is 11.6 Å². The predicted molar refractivity (Wildman–Crippen MR) is 76.2 cm³/mol. The highest BCUT2D eigenvalue weighted by Crippen LogP contribution is 2.23. The van der Waals surface area contributed by atoms with E-state index in [9.17, 15) is 4.79 Å². The van der Waals surface area contributed by atoms with E-state index in [1.807, 2.05) is 32.5 Å². The Labute approximate surface area is 112 Å². The molecule has 0 radical (unpaired) electrons. The molecule has 2 N–H and O–H groups in total. The van der Waals surface area contributed by atoms with E-state index in [4.69, 9.17) is 0 Å². The lowest BCUT2D eigenvalue weighted by Crippen LogP contribution is -2.31. The average Bonchev–Trinajstić information content (AvgIpc) is 2.77. The molecule has 1 saturated heterocycles. The van der Waals surface area contributed by atoms with Crippen molar-refractivity contribution in [1.29, 1.82) is 0 Å². The Kier molecular flexibility index (Phi) is 4.45. The second-order valence-electron chi connectivity index (χ2n) is 5.01. The fourth-order valence-electron chi connectivity index (χ4n) is 2.44. The van der Waals surface area contributed by atoms with Crippen molar-refractivity contribution in [1.82, 2.24) is 15.3 Å². The van der Waals surface area contributed by atoms with Crippen LogP contribution in [0.4, 0.5) is 0 Å². The lowest BCUT2D eigenvalue weighted by Gasteiger charge is -2.17. The summed E-state index contributed by atoms with van der Waals surface area (Å²) in [6.07, 6.45) is 1.28. The second-order valence-corrected chi connectivity index (χ2v) is 6.16. The Hall–Kier alpha value is -0.810. The number of thioether (sulfide) groups is 1. The van der Waals surface area contributed by atoms with Gasteiger partial charge in [-0.25, -0.2) is 4.98 Å². The second kappa shape index (κ2) is 5.89. The van der Waals surface area contributed by atoms with Gasteiger partial charge in [0, 0.05) is 11.7 Å². The molecule has 0 aliphatic carbocycles. The van der Waals surface area contributed by atoms with Gasteiger partial charge in [0.25, 0.3) is 5.56 Å². The first-order chi connectivity index (χ1) is 8.58. The quantitative estimate of drug-likeness (QED) is 0.873. The molecule has 1 aromatic heterocycles. The zero-order chi connectivity index (χ0) is 13.1. The van der Waals surface area contributed by atoms with Crippen molar-refractivity contribution >= 4 is 11.8 Å². The van der Waals surface area contributed by atoms with Crippen molar-refractivity contribution in [3.05, 3.63) is 27.4 Å². The minimum Gasteiger partial charge on any atom is -0.310 e. The number of H-pyrrole nitrogens is 1. The summed E-state index contributed by atoms with van der Waals surface area (Å²) < 4.78 is 0. The smallest absolute Gasteiger partial charge is 0.255 e. The van der Waals surface area contributed by atoms with Gasteiger partial charge < -0.3 is 10.3 Å². The van der Waals surface area contributed by atoms with Gasteiger partial charge >= 0.3 is 0 Å². The standard InChI is InChI=1S/C13H21N3OS/c1-8(14-6-11-4-5-18-7-11)12-9(2)15-10(3)16-13(12)17/h8,11,14H,4-7H2,1-3H3,(H,15,16,17). The van der Waals surface area contributed by atoms with Gasteiger partial charge in [-0.15, -0.1) is 0 Å². The summed E-state index contributed by atoms with van der Waals surface area (Å²) in [4.78, 5) is 19.1. The van der Waals surface area contributed by atoms with Crippen LogP contribution in [0.3, 0.4) is 0 Å². The monoisotopic (exact) mass is 267 g/mol. The highest BCUT2D eigenvalue weighted by atomic mass is 32.2. The molecule has 0 amide bonds. The van der Waals surface area contributed by atoms with Gasteiger partial charge in [-0.3, -0.25) is 4.79 Å². The molecule has 2 heterocycles. The summed E-state index contributed by atoms with van der Waals surface area (Å²) in [5, 5.41) is 3.47. The molecule has 2 rings (SSSR count). The van der Waals surface area contributed by atoms with Crippen molar-refractivity contribution in [2.24, 2.45) is 5.92 Å². The number of hydrogen-bond donors (Lipinski definition) is 2. The topological polar surface area (TPSA) is 57.8 Å². The maximum atomic E-state index is 12.0. The van der Waals surface area contributed by atoms with Gasteiger partial charge in [-0.05, 0) is 51.2 Å². The van der Waals surface area contributed by atoms with E-state index in [2.05, 4.69) is 15.3 Å². The molecule has 1 aromatic rings. The van der Waals surface area contributed by atoms with Gasteiger partial charge in [-0.1, -0.05) is 0 Å². The SMILES string of the molecule is Cc1nc(C)c(C(C)NCC2CCSC2)c(=O)[nH]1. The molecule has 4 nitrogen and oxygen atoms in total. The molecule has 2 unspecified atom stereocenters. The van der Waals surface area contributed by atoms with Gasteiger partial charge in [-0.2, -0.15) is 11.8 Å². The Bertz CT molecular complexity index is 466. The Balaban J connectivity index is 2.04. The summed E-state index contributed by atoms with van der Waals surface area (Å²) in [7, 11) is 0. The molecule has 2 atom stereocenters. The molecular formula is C13H21N3OS. The number of nitrogens with zero attached hydrogens (tertiary/aromatic N) is 1. The first-order valence-corrected chi connectivity index (χ1v) is 7.62. The van der Waals surface area contributed by atoms with E-state index in [0.717, 1.165) is 23.7 Å². The number of nitrogens with one attached hydrogen (secondary N) is 2. The van der Waals surface area contributed by atoms with E-state index in [1.165, 1.54) is 17.9 Å². The minimum absolute atomic E-state index is 0.0132. The number of aromatic nitrogens is 2. The molecule has 0 saturated carbocycles. The zero-order valence-corrected chi connectivity index (χ0v) is 12.1. The number of hydrogen-bond acceptors (Lipinski definition) is 4. The van der Waals surface area contributed by atoms with E-state index < -0.39 is 0 Å². The van der Waals surface area contributed by atoms with Crippen molar-refractivity contribution < 1.29 is 0 Å². The van der Waals surface area contributed by atoms with E-state index in [1.54, 1.807) is 0 Å². The third-order valence-corrected chi connectivity index (χ3v) is 4.67. The van der Waals surface area contributed by atoms with Crippen LogP contribution in [0.25, 0.3) is 0 Å². The molecule has 0 spiro atoms. The van der Waals surface area contributed by atoms with Crippen LogP contribution in [0, 0.1) is 19.8 Å². The van der Waals surface area contributed by atoms with Crippen molar-refractivity contribution in [3.63, 3.8) is 0 Å². The fourth-order valence-corrected chi connectivity index (χ4v) is 3.72. The highest BCUT2D eigenvalue weighted by molar-refractivity contribution is 7.99. The average molecular weight is 267 g/mol. The Morgan fingerprint density at radius 2 is 2.33 bits per heavy atom. The lowest BCUT2D eigenvalue weighted by atomic mass is 10.1. The number of aryl methyl sites for hydroxylation is 2. The summed E-state index contributed by atoms with van der Waals surface area (Å²) >= 11 is 2.02. The molecule has 5 heteroatoms. The van der Waals surface area contributed by atoms with Crippen LogP contribution in [-0.4, -0.2) is 28.0 Å². The molecule has 18 heavy (non-hydrogen) atoms. The summed E-state index contributed by atoms with van der Waals surface area (Å²) in [5.41, 5.74) is 1.59. The summed E-state index contributed by atoms with van der Waals surface area (Å²) in [6.45, 7) is 6.74. The molecule has 1 aliphatic rings. The molecular weight excluding hydrogens is 246 g/mol. The van der Waals surface area contributed by atoms with Crippen molar-refractivity contribution in [2.75, 3.05) is 18.1 Å². The van der Waals surface area contributed by atoms with Gasteiger partial charge in [0.1, 0.15) is 5.82 Å². The van der Waals surface area contributed by atoms with Crippen LogP contribution >= 0.6 is 11.8 Å². The third-order valence-electron chi connectivity index (χ3n) is 3.43. The molecule has 0 aromatic carbocycles. The van der Waals surface area contributed by atoms with Crippen LogP contribution in [0.1, 0.15) is 36.5 Å². The predicted octanol–water partition coefficient (Wildman–Crippen LogP) is 1.79. The number of rotatable bonds is 4. The van der Waals surface area contributed by atoms with Crippen molar-refractivity contribution in [3.8, 4) is 0 Å².